The Labute approximate surface area is 159 Å². The molecule has 1 atom stereocenters. The summed E-state index contributed by atoms with van der Waals surface area (Å²) in [5.74, 6) is 0. The van der Waals surface area contributed by atoms with E-state index in [4.69, 9.17) is 16.3 Å². The van der Waals surface area contributed by atoms with Gasteiger partial charge in [0.2, 0.25) is 0 Å². The number of aryl methyl sites for hydroxylation is 1. The minimum Gasteiger partial charge on any atom is -0.444 e. The zero-order chi connectivity index (χ0) is 19.1. The van der Waals surface area contributed by atoms with Crippen LogP contribution in [-0.2, 0) is 11.2 Å². The molecule has 0 aromatic heterocycles. The molecule has 2 N–H and O–H groups in total. The van der Waals surface area contributed by atoms with Crippen LogP contribution in [0.4, 0.5) is 10.5 Å². The van der Waals surface area contributed by atoms with E-state index in [1.165, 1.54) is 0 Å². The number of carbonyl (C=O) groups is 1. The van der Waals surface area contributed by atoms with Gasteiger partial charge in [-0.05, 0) is 57.7 Å². The number of halogens is 1. The highest BCUT2D eigenvalue weighted by molar-refractivity contribution is 6.61. The van der Waals surface area contributed by atoms with Crippen molar-refractivity contribution in [1.29, 1.82) is 0 Å². The molecule has 8 heteroatoms. The summed E-state index contributed by atoms with van der Waals surface area (Å²) in [4.78, 5) is 16.3. The second-order valence-electron chi connectivity index (χ2n) is 8.04. The highest BCUT2D eigenvalue weighted by Gasteiger charge is 2.36. The van der Waals surface area contributed by atoms with Crippen molar-refractivity contribution in [3.8, 4) is 0 Å². The summed E-state index contributed by atoms with van der Waals surface area (Å²) in [6.07, 6.45) is 2.35. The number of carbonyl (C=O) groups excluding carboxylic acids is 1. The highest BCUT2D eigenvalue weighted by atomic mass is 35.5. The molecule has 2 aliphatic rings. The lowest BCUT2D eigenvalue weighted by Crippen LogP contribution is -2.47. The van der Waals surface area contributed by atoms with Gasteiger partial charge in [0.25, 0.3) is 0 Å². The number of anilines is 1. The Morgan fingerprint density at radius 1 is 1.31 bits per heavy atom. The minimum atomic E-state index is -1.58. The van der Waals surface area contributed by atoms with Crippen LogP contribution < -0.4 is 10.4 Å². The van der Waals surface area contributed by atoms with Crippen LogP contribution in [0.3, 0.4) is 0 Å². The Kier molecular flexibility index (Phi) is 5.42. The molecule has 1 aromatic rings. The molecule has 0 unspecified atom stereocenters. The van der Waals surface area contributed by atoms with E-state index < -0.39 is 12.7 Å². The highest BCUT2D eigenvalue weighted by Crippen LogP contribution is 2.32. The molecule has 1 amide bonds. The summed E-state index contributed by atoms with van der Waals surface area (Å²) in [7, 11) is -1.58. The lowest BCUT2D eigenvalue weighted by molar-refractivity contribution is 0.0292. The Bertz CT molecular complexity index is 693. The fraction of sp³-hybridized carbons (Fsp3) is 0.611. The van der Waals surface area contributed by atoms with Crippen LogP contribution in [0.25, 0.3) is 0 Å². The van der Waals surface area contributed by atoms with Gasteiger partial charge >= 0.3 is 13.2 Å². The summed E-state index contributed by atoms with van der Waals surface area (Å²) in [5.41, 5.74) is 1.80. The summed E-state index contributed by atoms with van der Waals surface area (Å²) in [6.45, 7) is 7.60. The maximum absolute atomic E-state index is 12.3. The molecule has 6 nitrogen and oxygen atoms in total. The van der Waals surface area contributed by atoms with Crippen molar-refractivity contribution in [2.24, 2.45) is 0 Å². The zero-order valence-electron chi connectivity index (χ0n) is 15.5. The maximum Gasteiger partial charge on any atom is 0.490 e. The molecule has 0 radical (unpaired) electrons. The fourth-order valence-corrected chi connectivity index (χ4v) is 4.07. The summed E-state index contributed by atoms with van der Waals surface area (Å²) < 4.78 is 5.48. The van der Waals surface area contributed by atoms with Gasteiger partial charge in [0, 0.05) is 41.8 Å². The fourth-order valence-electron chi connectivity index (χ4n) is 3.82. The van der Waals surface area contributed by atoms with Gasteiger partial charge in [-0.2, -0.15) is 0 Å². The van der Waals surface area contributed by atoms with E-state index in [0.717, 1.165) is 37.1 Å². The van der Waals surface area contributed by atoms with Crippen molar-refractivity contribution < 1.29 is 19.6 Å². The summed E-state index contributed by atoms with van der Waals surface area (Å²) >= 11 is 6.15. The summed E-state index contributed by atoms with van der Waals surface area (Å²) in [6, 6.07) is 3.64. The van der Waals surface area contributed by atoms with Crippen LogP contribution in [0.5, 0.6) is 0 Å². The average Bonchev–Trinajstić information content (AvgIpc) is 3.01. The van der Waals surface area contributed by atoms with Crippen LogP contribution in [0, 0.1) is 0 Å². The van der Waals surface area contributed by atoms with Crippen LogP contribution in [0.2, 0.25) is 5.02 Å². The van der Waals surface area contributed by atoms with Crippen molar-refractivity contribution in [2.45, 2.75) is 51.7 Å². The molecule has 0 saturated carbocycles. The van der Waals surface area contributed by atoms with Crippen LogP contribution in [0.1, 0.15) is 39.2 Å². The molecule has 1 aromatic carbocycles. The number of hydrogen-bond donors (Lipinski definition) is 2. The third kappa shape index (κ3) is 4.10. The standard InChI is InChI=1S/C18H26BClN2O4/c1-18(2,3)26-17(23)21-8-6-14(11-21)22-7-4-5-12-9-13(20)10-15(16(12)22)19(24)25/h9-10,14,24-25H,4-8,11H2,1-3H3/t14-/m0/s1. The number of ether oxygens (including phenoxy) is 1. The van der Waals surface area contributed by atoms with Crippen LogP contribution >= 0.6 is 11.6 Å². The first-order valence-corrected chi connectivity index (χ1v) is 9.46. The number of benzene rings is 1. The molecule has 1 fully saturated rings. The first-order chi connectivity index (χ1) is 12.2. The molecule has 2 aliphatic heterocycles. The monoisotopic (exact) mass is 380 g/mol. The zero-order valence-corrected chi connectivity index (χ0v) is 16.3. The number of amides is 1. The van der Waals surface area contributed by atoms with Crippen LogP contribution in [0.15, 0.2) is 12.1 Å². The molecule has 0 aliphatic carbocycles. The quantitative estimate of drug-likeness (QED) is 0.765. The Morgan fingerprint density at radius 3 is 2.69 bits per heavy atom. The van der Waals surface area contributed by atoms with E-state index in [1.807, 2.05) is 26.8 Å². The molecule has 142 valence electrons. The molecule has 2 heterocycles. The molecular weight excluding hydrogens is 354 g/mol. The molecule has 1 saturated heterocycles. The van der Waals surface area contributed by atoms with Crippen molar-refractivity contribution in [1.82, 2.24) is 4.90 Å². The van der Waals surface area contributed by atoms with Gasteiger partial charge in [0.05, 0.1) is 0 Å². The number of rotatable bonds is 2. The first-order valence-electron chi connectivity index (χ1n) is 9.09. The number of hydrogen-bond acceptors (Lipinski definition) is 5. The van der Waals surface area contributed by atoms with Crippen molar-refractivity contribution in [3.63, 3.8) is 0 Å². The number of nitrogens with zero attached hydrogens (tertiary/aromatic N) is 2. The van der Waals surface area contributed by atoms with Gasteiger partial charge in [-0.3, -0.25) is 0 Å². The van der Waals surface area contributed by atoms with Crippen molar-refractivity contribution in [3.05, 3.63) is 22.7 Å². The third-order valence-corrected chi connectivity index (χ3v) is 5.07. The van der Waals surface area contributed by atoms with Crippen molar-refractivity contribution in [2.75, 3.05) is 24.5 Å². The van der Waals surface area contributed by atoms with Gasteiger partial charge in [-0.15, -0.1) is 0 Å². The van der Waals surface area contributed by atoms with E-state index in [2.05, 4.69) is 4.90 Å². The number of likely N-dealkylation sites (tertiary alicyclic amines) is 1. The van der Waals surface area contributed by atoms with Crippen molar-refractivity contribution >= 4 is 36.0 Å². The third-order valence-electron chi connectivity index (χ3n) is 4.85. The SMILES string of the molecule is CC(C)(C)OC(=O)N1CC[C@H](N2CCCc3cc(Cl)cc(B(O)O)c32)C1. The average molecular weight is 381 g/mol. The smallest absolute Gasteiger partial charge is 0.444 e. The van der Waals surface area contributed by atoms with E-state index in [-0.39, 0.29) is 12.1 Å². The molecule has 0 bridgehead atoms. The predicted octanol–water partition coefficient (Wildman–Crippen LogP) is 1.78. The van der Waals surface area contributed by atoms with E-state index >= 15 is 0 Å². The second-order valence-corrected chi connectivity index (χ2v) is 8.48. The van der Waals surface area contributed by atoms with Gasteiger partial charge < -0.3 is 24.6 Å². The molecule has 26 heavy (non-hydrogen) atoms. The second kappa shape index (κ2) is 7.29. The molecular formula is C18H26BClN2O4. The number of fused-ring (bicyclic) bond motifs is 1. The van der Waals surface area contributed by atoms with E-state index in [9.17, 15) is 14.8 Å². The molecule has 0 spiro atoms. The Balaban J connectivity index is 1.82. The minimum absolute atomic E-state index is 0.125. The topological polar surface area (TPSA) is 73.2 Å². The largest absolute Gasteiger partial charge is 0.490 e. The maximum atomic E-state index is 12.3. The Hall–Kier alpha value is -1.44. The van der Waals surface area contributed by atoms with Gasteiger partial charge in [-0.1, -0.05) is 11.6 Å². The lowest BCUT2D eigenvalue weighted by Gasteiger charge is -2.38. The normalized spacial score (nSPS) is 20.2. The summed E-state index contributed by atoms with van der Waals surface area (Å²) in [5, 5.41) is 20.1. The first kappa shape index (κ1) is 19.3. The van der Waals surface area contributed by atoms with Gasteiger partial charge in [-0.25, -0.2) is 4.79 Å². The lowest BCUT2D eigenvalue weighted by atomic mass is 9.76. The van der Waals surface area contributed by atoms with Gasteiger partial charge in [0.1, 0.15) is 5.60 Å². The molecule has 3 rings (SSSR count). The predicted molar refractivity (Wildman–Crippen MR) is 103 cm³/mol. The van der Waals surface area contributed by atoms with E-state index in [1.54, 1.807) is 11.0 Å². The van der Waals surface area contributed by atoms with E-state index in [0.29, 0.717) is 23.6 Å². The van der Waals surface area contributed by atoms with Gasteiger partial charge in [0.15, 0.2) is 0 Å². The van der Waals surface area contributed by atoms with Crippen LogP contribution in [-0.4, -0.2) is 59.4 Å². The Morgan fingerprint density at radius 2 is 2.04 bits per heavy atom.